The maximum atomic E-state index is 12.5. The molecule has 0 radical (unpaired) electrons. The van der Waals surface area contributed by atoms with Crippen molar-refractivity contribution in [3.05, 3.63) is 59.7 Å². The lowest BCUT2D eigenvalue weighted by molar-refractivity contribution is -0.118. The summed E-state index contributed by atoms with van der Waals surface area (Å²) in [5.41, 5.74) is 4.22. The normalized spacial score (nSPS) is 21.1. The van der Waals surface area contributed by atoms with Gasteiger partial charge in [0, 0.05) is 55.9 Å². The Bertz CT molecular complexity index is 906. The third-order valence-electron chi connectivity index (χ3n) is 6.13. The van der Waals surface area contributed by atoms with Crippen molar-refractivity contribution in [2.24, 2.45) is 0 Å². The third-order valence-corrected chi connectivity index (χ3v) is 6.13. The predicted octanol–water partition coefficient (Wildman–Crippen LogP) is 3.79. The van der Waals surface area contributed by atoms with Gasteiger partial charge < -0.3 is 20.4 Å². The number of nitrogens with zero attached hydrogens (tertiary/aromatic N) is 2. The van der Waals surface area contributed by atoms with Crippen LogP contribution in [0.25, 0.3) is 0 Å². The number of piperazine rings is 1. The Morgan fingerprint density at radius 1 is 1.07 bits per heavy atom. The first-order chi connectivity index (χ1) is 14.6. The number of hydrogen-bond acceptors (Lipinski definition) is 3. The zero-order chi connectivity index (χ0) is 21.1. The van der Waals surface area contributed by atoms with E-state index in [0.717, 1.165) is 44.0 Å². The number of amides is 3. The molecular weight excluding hydrogens is 376 g/mol. The zero-order valence-corrected chi connectivity index (χ0v) is 17.7. The van der Waals surface area contributed by atoms with Crippen LogP contribution in [0.2, 0.25) is 0 Å². The van der Waals surface area contributed by atoms with E-state index in [-0.39, 0.29) is 23.9 Å². The van der Waals surface area contributed by atoms with Crippen LogP contribution in [-0.4, -0.2) is 49.1 Å². The number of rotatable bonds is 3. The number of anilines is 2. The minimum Gasteiger partial charge on any atom is -0.322 e. The number of carbonyl (C=O) groups is 2. The molecule has 2 aromatic carbocycles. The van der Waals surface area contributed by atoms with Gasteiger partial charge in [0.15, 0.2) is 0 Å². The number of benzene rings is 2. The van der Waals surface area contributed by atoms with Crippen molar-refractivity contribution in [3.8, 4) is 0 Å². The quantitative estimate of drug-likeness (QED) is 0.815. The summed E-state index contributed by atoms with van der Waals surface area (Å²) in [6.45, 7) is 7.17. The molecule has 1 fully saturated rings. The molecule has 0 saturated carbocycles. The molecule has 30 heavy (non-hydrogen) atoms. The Hall–Kier alpha value is -2.86. The highest BCUT2D eigenvalue weighted by molar-refractivity contribution is 5.95. The van der Waals surface area contributed by atoms with Gasteiger partial charge >= 0.3 is 6.03 Å². The van der Waals surface area contributed by atoms with E-state index in [9.17, 15) is 9.59 Å². The van der Waals surface area contributed by atoms with Gasteiger partial charge in [-0.15, -0.1) is 0 Å². The van der Waals surface area contributed by atoms with Gasteiger partial charge in [-0.2, -0.15) is 0 Å². The Morgan fingerprint density at radius 2 is 1.77 bits per heavy atom. The van der Waals surface area contributed by atoms with Crippen LogP contribution in [0, 0.1) is 0 Å². The zero-order valence-electron chi connectivity index (χ0n) is 17.7. The van der Waals surface area contributed by atoms with E-state index >= 15 is 0 Å². The van der Waals surface area contributed by atoms with Crippen LogP contribution in [0.5, 0.6) is 0 Å². The molecule has 0 bridgehead atoms. The lowest BCUT2D eigenvalue weighted by Gasteiger charge is -2.39. The van der Waals surface area contributed by atoms with E-state index in [0.29, 0.717) is 6.42 Å². The minimum absolute atomic E-state index is 0.0467. The average molecular weight is 407 g/mol. The molecule has 2 aliphatic heterocycles. The second-order valence-electron chi connectivity index (χ2n) is 8.10. The first kappa shape index (κ1) is 20.4. The first-order valence-corrected chi connectivity index (χ1v) is 10.9. The summed E-state index contributed by atoms with van der Waals surface area (Å²) < 4.78 is 0. The molecule has 3 amide bonds. The van der Waals surface area contributed by atoms with Crippen LogP contribution < -0.4 is 15.5 Å². The Balaban J connectivity index is 1.53. The van der Waals surface area contributed by atoms with E-state index in [1.165, 1.54) is 11.1 Å². The van der Waals surface area contributed by atoms with Crippen LogP contribution in [0.1, 0.15) is 43.7 Å². The second-order valence-corrected chi connectivity index (χ2v) is 8.10. The van der Waals surface area contributed by atoms with Gasteiger partial charge in [-0.3, -0.25) is 4.79 Å². The first-order valence-electron chi connectivity index (χ1n) is 10.9. The van der Waals surface area contributed by atoms with Crippen molar-refractivity contribution < 1.29 is 9.59 Å². The van der Waals surface area contributed by atoms with E-state index < -0.39 is 0 Å². The van der Waals surface area contributed by atoms with Crippen LogP contribution >= 0.6 is 0 Å². The Kier molecular flexibility index (Phi) is 6.04. The van der Waals surface area contributed by atoms with Crippen molar-refractivity contribution in [1.82, 2.24) is 10.2 Å². The summed E-state index contributed by atoms with van der Waals surface area (Å²) in [6, 6.07) is 16.5. The monoisotopic (exact) mass is 406 g/mol. The van der Waals surface area contributed by atoms with Crippen LogP contribution in [0.3, 0.4) is 0 Å². The van der Waals surface area contributed by atoms with Crippen molar-refractivity contribution in [3.63, 3.8) is 0 Å². The number of hydrogen-bond donors (Lipinski definition) is 2. The van der Waals surface area contributed by atoms with Gasteiger partial charge in [0.25, 0.3) is 0 Å². The van der Waals surface area contributed by atoms with Gasteiger partial charge in [-0.1, -0.05) is 37.3 Å². The molecule has 0 aliphatic carbocycles. The Labute approximate surface area is 178 Å². The summed E-state index contributed by atoms with van der Waals surface area (Å²) in [5.74, 6) is 0.398. The molecule has 4 rings (SSSR count). The maximum absolute atomic E-state index is 12.5. The molecule has 1 saturated heterocycles. The van der Waals surface area contributed by atoms with Gasteiger partial charge in [-0.25, -0.2) is 4.79 Å². The molecule has 0 aromatic heterocycles. The van der Waals surface area contributed by atoms with Crippen molar-refractivity contribution in [2.45, 2.75) is 38.6 Å². The number of urea groups is 1. The molecule has 2 aliphatic rings. The van der Waals surface area contributed by atoms with Crippen molar-refractivity contribution in [1.29, 1.82) is 0 Å². The summed E-state index contributed by atoms with van der Waals surface area (Å²) >= 11 is 0. The van der Waals surface area contributed by atoms with E-state index in [4.69, 9.17) is 0 Å². The topological polar surface area (TPSA) is 64.7 Å². The standard InChI is InChI=1S/C24H30N4O2/c1-3-23(29)28-17(2)16-21(20-6-4-5-7-22(20)28)18-8-10-19(11-9-18)26-24(30)27-14-12-25-13-15-27/h4-11,17,21,25H,3,12-16H2,1-2H3,(H,26,30)/t17-,21+/m0/s1. The fourth-order valence-electron chi connectivity index (χ4n) is 4.55. The summed E-state index contributed by atoms with van der Waals surface area (Å²) in [5, 5.41) is 6.26. The number of para-hydroxylation sites is 1. The predicted molar refractivity (Wildman–Crippen MR) is 120 cm³/mol. The van der Waals surface area contributed by atoms with Gasteiger partial charge in [0.05, 0.1) is 0 Å². The number of fused-ring (bicyclic) bond motifs is 1. The highest BCUT2D eigenvalue weighted by Crippen LogP contribution is 2.42. The molecule has 0 spiro atoms. The van der Waals surface area contributed by atoms with Crippen molar-refractivity contribution >= 4 is 23.3 Å². The average Bonchev–Trinajstić information content (AvgIpc) is 2.79. The fourth-order valence-corrected chi connectivity index (χ4v) is 4.55. The van der Waals surface area contributed by atoms with E-state index in [1.807, 2.05) is 47.1 Å². The van der Waals surface area contributed by atoms with Crippen LogP contribution in [-0.2, 0) is 4.79 Å². The smallest absolute Gasteiger partial charge is 0.321 e. The Morgan fingerprint density at radius 3 is 2.47 bits per heavy atom. The molecule has 2 heterocycles. The van der Waals surface area contributed by atoms with E-state index in [1.54, 1.807) is 0 Å². The highest BCUT2D eigenvalue weighted by atomic mass is 16.2. The van der Waals surface area contributed by atoms with Crippen LogP contribution in [0.15, 0.2) is 48.5 Å². The lowest BCUT2D eigenvalue weighted by Crippen LogP contribution is -2.48. The lowest BCUT2D eigenvalue weighted by atomic mass is 9.81. The molecule has 158 valence electrons. The molecule has 2 N–H and O–H groups in total. The van der Waals surface area contributed by atoms with Gasteiger partial charge in [0.1, 0.15) is 0 Å². The maximum Gasteiger partial charge on any atom is 0.321 e. The molecular formula is C24H30N4O2. The molecule has 0 unspecified atom stereocenters. The molecule has 2 atom stereocenters. The molecule has 6 nitrogen and oxygen atoms in total. The van der Waals surface area contributed by atoms with Gasteiger partial charge in [-0.05, 0) is 42.7 Å². The SMILES string of the molecule is CCC(=O)N1c2ccccc2[C@@H](c2ccc(NC(=O)N3CCNCC3)cc2)C[C@@H]1C. The molecule has 6 heteroatoms. The summed E-state index contributed by atoms with van der Waals surface area (Å²) in [4.78, 5) is 28.8. The van der Waals surface area contributed by atoms with Crippen LogP contribution in [0.4, 0.5) is 16.2 Å². The number of carbonyl (C=O) groups excluding carboxylic acids is 2. The minimum atomic E-state index is -0.0467. The largest absolute Gasteiger partial charge is 0.322 e. The van der Waals surface area contributed by atoms with Gasteiger partial charge in [0.2, 0.25) is 5.91 Å². The second kappa shape index (κ2) is 8.88. The highest BCUT2D eigenvalue weighted by Gasteiger charge is 2.33. The fraction of sp³-hybridized carbons (Fsp3) is 0.417. The summed E-state index contributed by atoms with van der Waals surface area (Å²) in [6.07, 6.45) is 1.39. The van der Waals surface area contributed by atoms with E-state index in [2.05, 4.69) is 35.8 Å². The molecule has 2 aromatic rings. The van der Waals surface area contributed by atoms with Crippen molar-refractivity contribution in [2.75, 3.05) is 36.4 Å². The third kappa shape index (κ3) is 4.05. The number of nitrogens with one attached hydrogen (secondary N) is 2. The summed E-state index contributed by atoms with van der Waals surface area (Å²) in [7, 11) is 0.